The number of carbonyl (C=O) groups excluding carboxylic acids is 2. The van der Waals surface area contributed by atoms with Crippen molar-refractivity contribution in [1.29, 1.82) is 0 Å². The molecule has 0 aliphatic rings. The second kappa shape index (κ2) is 7.09. The van der Waals surface area contributed by atoms with Gasteiger partial charge < -0.3 is 0 Å². The van der Waals surface area contributed by atoms with E-state index in [9.17, 15) is 9.59 Å². The van der Waals surface area contributed by atoms with Gasteiger partial charge in [-0.1, -0.05) is 41.9 Å². The van der Waals surface area contributed by atoms with Crippen molar-refractivity contribution in [2.45, 2.75) is 13.5 Å². The molecule has 22 heavy (non-hydrogen) atoms. The van der Waals surface area contributed by atoms with Gasteiger partial charge in [0.2, 0.25) is 5.91 Å². The van der Waals surface area contributed by atoms with Crippen molar-refractivity contribution in [3.63, 3.8) is 0 Å². The Balaban J connectivity index is 2.18. The average molecular weight is 317 g/mol. The van der Waals surface area contributed by atoms with Crippen LogP contribution in [0, 0.1) is 0 Å². The van der Waals surface area contributed by atoms with E-state index < -0.39 is 0 Å². The summed E-state index contributed by atoms with van der Waals surface area (Å²) in [6.07, 6.45) is 0. The number of amides is 2. The molecule has 0 N–H and O–H groups in total. The molecule has 2 rings (SSSR count). The molecule has 0 spiro atoms. The van der Waals surface area contributed by atoms with Gasteiger partial charge in [-0.3, -0.25) is 14.6 Å². The third-order valence-electron chi connectivity index (χ3n) is 3.29. The topological polar surface area (TPSA) is 40.6 Å². The van der Waals surface area contributed by atoms with E-state index in [0.29, 0.717) is 17.1 Å². The number of hydrogen-bond acceptors (Lipinski definition) is 2. The molecular formula is C17H17ClN2O2. The first kappa shape index (κ1) is 16.0. The highest BCUT2D eigenvalue weighted by atomic mass is 35.5. The van der Waals surface area contributed by atoms with Gasteiger partial charge in [-0.05, 0) is 29.8 Å². The highest BCUT2D eigenvalue weighted by Gasteiger charge is 2.21. The third-order valence-corrected chi connectivity index (χ3v) is 3.54. The van der Waals surface area contributed by atoms with Crippen LogP contribution in [0.3, 0.4) is 0 Å². The zero-order valence-corrected chi connectivity index (χ0v) is 13.2. The minimum Gasteiger partial charge on any atom is -0.273 e. The van der Waals surface area contributed by atoms with Crippen LogP contribution in [-0.4, -0.2) is 28.9 Å². The highest BCUT2D eigenvalue weighted by molar-refractivity contribution is 6.30. The van der Waals surface area contributed by atoms with E-state index in [1.807, 2.05) is 18.2 Å². The number of hydrazine groups is 1. The first-order valence-electron chi connectivity index (χ1n) is 6.84. The van der Waals surface area contributed by atoms with Crippen molar-refractivity contribution >= 4 is 23.4 Å². The molecule has 114 valence electrons. The average Bonchev–Trinajstić information content (AvgIpc) is 2.53. The Bertz CT molecular complexity index is 656. The van der Waals surface area contributed by atoms with Crippen molar-refractivity contribution in [1.82, 2.24) is 10.0 Å². The van der Waals surface area contributed by atoms with Crippen LogP contribution in [0.2, 0.25) is 5.02 Å². The smallest absolute Gasteiger partial charge is 0.272 e. The molecule has 0 aromatic heterocycles. The second-order valence-electron chi connectivity index (χ2n) is 4.90. The van der Waals surface area contributed by atoms with Gasteiger partial charge in [-0.15, -0.1) is 0 Å². The lowest BCUT2D eigenvalue weighted by Crippen LogP contribution is -2.46. The van der Waals surface area contributed by atoms with Crippen LogP contribution in [-0.2, 0) is 11.3 Å². The standard InChI is InChI=1S/C17H17ClN2O2/c1-13(21)20(12-14-8-10-16(18)11-9-14)19(2)17(22)15-6-4-3-5-7-15/h3-11H,12H2,1-2H3. The highest BCUT2D eigenvalue weighted by Crippen LogP contribution is 2.14. The molecule has 0 aliphatic carbocycles. The van der Waals surface area contributed by atoms with Crippen LogP contribution in [0.4, 0.5) is 0 Å². The fourth-order valence-corrected chi connectivity index (χ4v) is 2.19. The summed E-state index contributed by atoms with van der Waals surface area (Å²) < 4.78 is 0. The number of nitrogens with zero attached hydrogens (tertiary/aromatic N) is 2. The fraction of sp³-hybridized carbons (Fsp3) is 0.176. The van der Waals surface area contributed by atoms with E-state index in [2.05, 4.69) is 0 Å². The second-order valence-corrected chi connectivity index (χ2v) is 5.33. The van der Waals surface area contributed by atoms with Gasteiger partial charge >= 0.3 is 0 Å². The molecule has 0 saturated heterocycles. The van der Waals surface area contributed by atoms with Crippen LogP contribution < -0.4 is 0 Å². The molecule has 2 aromatic carbocycles. The van der Waals surface area contributed by atoms with Gasteiger partial charge in [0.05, 0.1) is 6.54 Å². The molecule has 2 amide bonds. The van der Waals surface area contributed by atoms with Gasteiger partial charge in [0.25, 0.3) is 5.91 Å². The lowest BCUT2D eigenvalue weighted by Gasteiger charge is -2.31. The Kier molecular flexibility index (Phi) is 5.17. The molecule has 0 radical (unpaired) electrons. The van der Waals surface area contributed by atoms with Crippen molar-refractivity contribution in [3.8, 4) is 0 Å². The number of halogens is 1. The van der Waals surface area contributed by atoms with Crippen molar-refractivity contribution in [2.24, 2.45) is 0 Å². The van der Waals surface area contributed by atoms with Gasteiger partial charge in [0, 0.05) is 24.6 Å². The first-order valence-corrected chi connectivity index (χ1v) is 7.22. The van der Waals surface area contributed by atoms with Gasteiger partial charge in [0.1, 0.15) is 0 Å². The summed E-state index contributed by atoms with van der Waals surface area (Å²) in [7, 11) is 1.59. The Hall–Kier alpha value is -2.33. The van der Waals surface area contributed by atoms with Gasteiger partial charge in [-0.25, -0.2) is 5.01 Å². The Morgan fingerprint density at radius 2 is 1.59 bits per heavy atom. The van der Waals surface area contributed by atoms with Crippen molar-refractivity contribution in [3.05, 3.63) is 70.7 Å². The molecule has 0 saturated carbocycles. The quantitative estimate of drug-likeness (QED) is 0.815. The number of carbonyl (C=O) groups is 2. The van der Waals surface area contributed by atoms with Crippen LogP contribution in [0.15, 0.2) is 54.6 Å². The summed E-state index contributed by atoms with van der Waals surface area (Å²) in [4.78, 5) is 24.3. The van der Waals surface area contributed by atoms with Gasteiger partial charge in [-0.2, -0.15) is 0 Å². The molecule has 0 atom stereocenters. The fourth-order valence-electron chi connectivity index (χ4n) is 2.07. The largest absolute Gasteiger partial charge is 0.273 e. The molecular weight excluding hydrogens is 300 g/mol. The predicted octanol–water partition coefficient (Wildman–Crippen LogP) is 3.38. The van der Waals surface area contributed by atoms with Crippen LogP contribution >= 0.6 is 11.6 Å². The summed E-state index contributed by atoms with van der Waals surface area (Å²) in [6, 6.07) is 16.0. The molecule has 4 nitrogen and oxygen atoms in total. The van der Waals surface area contributed by atoms with Crippen LogP contribution in [0.5, 0.6) is 0 Å². The molecule has 0 unspecified atom stereocenters. The minimum atomic E-state index is -0.232. The number of rotatable bonds is 3. The summed E-state index contributed by atoms with van der Waals surface area (Å²) in [6.45, 7) is 1.74. The van der Waals surface area contributed by atoms with E-state index in [4.69, 9.17) is 11.6 Å². The third kappa shape index (κ3) is 3.86. The minimum absolute atomic E-state index is 0.207. The number of benzene rings is 2. The maximum Gasteiger partial charge on any atom is 0.272 e. The zero-order chi connectivity index (χ0) is 16.1. The Morgan fingerprint density at radius 1 is 1.00 bits per heavy atom. The monoisotopic (exact) mass is 316 g/mol. The van der Waals surface area contributed by atoms with E-state index in [1.165, 1.54) is 16.9 Å². The van der Waals surface area contributed by atoms with E-state index in [1.54, 1.807) is 43.4 Å². The van der Waals surface area contributed by atoms with Crippen LogP contribution in [0.25, 0.3) is 0 Å². The summed E-state index contributed by atoms with van der Waals surface area (Å²) in [5, 5.41) is 3.37. The van der Waals surface area contributed by atoms with Crippen LogP contribution in [0.1, 0.15) is 22.8 Å². The molecule has 0 aliphatic heterocycles. The maximum atomic E-state index is 12.4. The van der Waals surface area contributed by atoms with Crippen molar-refractivity contribution < 1.29 is 9.59 Å². The molecule has 2 aromatic rings. The molecule has 0 heterocycles. The lowest BCUT2D eigenvalue weighted by atomic mass is 10.2. The summed E-state index contributed by atoms with van der Waals surface area (Å²) in [5.41, 5.74) is 1.43. The molecule has 0 fully saturated rings. The summed E-state index contributed by atoms with van der Waals surface area (Å²) >= 11 is 5.86. The molecule has 0 bridgehead atoms. The van der Waals surface area contributed by atoms with E-state index in [-0.39, 0.29) is 11.8 Å². The molecule has 5 heteroatoms. The Morgan fingerprint density at radius 3 is 2.14 bits per heavy atom. The maximum absolute atomic E-state index is 12.4. The van der Waals surface area contributed by atoms with Gasteiger partial charge in [0.15, 0.2) is 0 Å². The normalized spacial score (nSPS) is 10.1. The van der Waals surface area contributed by atoms with E-state index >= 15 is 0 Å². The van der Waals surface area contributed by atoms with Crippen molar-refractivity contribution in [2.75, 3.05) is 7.05 Å². The lowest BCUT2D eigenvalue weighted by molar-refractivity contribution is -0.141. The summed E-state index contributed by atoms with van der Waals surface area (Å²) in [5.74, 6) is -0.438. The zero-order valence-electron chi connectivity index (χ0n) is 12.5. The Labute approximate surface area is 134 Å². The van der Waals surface area contributed by atoms with E-state index in [0.717, 1.165) is 5.56 Å². The predicted molar refractivity (Wildman–Crippen MR) is 86.2 cm³/mol. The first-order chi connectivity index (χ1) is 10.5. The SMILES string of the molecule is CC(=O)N(Cc1ccc(Cl)cc1)N(C)C(=O)c1ccccc1. The number of hydrogen-bond donors (Lipinski definition) is 0.